The van der Waals surface area contributed by atoms with Crippen molar-refractivity contribution < 1.29 is 23.4 Å². The van der Waals surface area contributed by atoms with Crippen LogP contribution in [0, 0.1) is 0 Å². The van der Waals surface area contributed by atoms with Crippen LogP contribution in [0.3, 0.4) is 0 Å². The SMILES string of the molecule is CCCCCCCCS(=O)(=O)N[C@@H](CCO)C(=O)O. The van der Waals surface area contributed by atoms with Crippen molar-refractivity contribution in [2.75, 3.05) is 12.4 Å². The predicted octanol–water partition coefficient (Wildman–Crippen LogP) is 1.10. The van der Waals surface area contributed by atoms with Crippen LogP contribution in [0.2, 0.25) is 0 Å². The molecule has 1 atom stereocenters. The molecular formula is C12H25NO5S. The van der Waals surface area contributed by atoms with Crippen LogP contribution in [0.5, 0.6) is 0 Å². The number of aliphatic hydroxyl groups is 1. The van der Waals surface area contributed by atoms with Crippen molar-refractivity contribution in [3.8, 4) is 0 Å². The van der Waals surface area contributed by atoms with Crippen molar-refractivity contribution in [3.05, 3.63) is 0 Å². The summed E-state index contributed by atoms with van der Waals surface area (Å²) in [4.78, 5) is 10.8. The summed E-state index contributed by atoms with van der Waals surface area (Å²) in [5, 5.41) is 17.5. The maximum absolute atomic E-state index is 11.7. The molecule has 0 bridgehead atoms. The number of aliphatic carboxylic acids is 1. The van der Waals surface area contributed by atoms with Gasteiger partial charge in [0.15, 0.2) is 0 Å². The van der Waals surface area contributed by atoms with Gasteiger partial charge in [0, 0.05) is 6.61 Å². The van der Waals surface area contributed by atoms with E-state index in [1.54, 1.807) is 0 Å². The number of carbonyl (C=O) groups is 1. The highest BCUT2D eigenvalue weighted by atomic mass is 32.2. The fraction of sp³-hybridized carbons (Fsp3) is 0.917. The average molecular weight is 295 g/mol. The van der Waals surface area contributed by atoms with Gasteiger partial charge in [-0.1, -0.05) is 39.0 Å². The number of aliphatic hydroxyl groups excluding tert-OH is 1. The van der Waals surface area contributed by atoms with Crippen LogP contribution >= 0.6 is 0 Å². The van der Waals surface area contributed by atoms with Gasteiger partial charge in [0.05, 0.1) is 5.75 Å². The van der Waals surface area contributed by atoms with E-state index in [2.05, 4.69) is 11.6 Å². The van der Waals surface area contributed by atoms with E-state index in [0.717, 1.165) is 32.1 Å². The Hall–Kier alpha value is -0.660. The smallest absolute Gasteiger partial charge is 0.321 e. The van der Waals surface area contributed by atoms with Crippen LogP contribution in [0.4, 0.5) is 0 Å². The summed E-state index contributed by atoms with van der Waals surface area (Å²) in [6.07, 6.45) is 5.65. The number of unbranched alkanes of at least 4 members (excludes halogenated alkanes) is 5. The fourth-order valence-corrected chi connectivity index (χ4v) is 3.06. The van der Waals surface area contributed by atoms with Crippen LogP contribution in [0.15, 0.2) is 0 Å². The molecule has 3 N–H and O–H groups in total. The van der Waals surface area contributed by atoms with Crippen molar-refractivity contribution in [2.45, 2.75) is 57.9 Å². The maximum atomic E-state index is 11.7. The second-order valence-corrected chi connectivity index (χ2v) is 6.48. The molecule has 0 saturated carbocycles. The Kier molecular flexibility index (Phi) is 9.81. The van der Waals surface area contributed by atoms with E-state index in [1.165, 1.54) is 0 Å². The molecule has 0 heterocycles. The Morgan fingerprint density at radius 2 is 1.74 bits per heavy atom. The van der Waals surface area contributed by atoms with Crippen molar-refractivity contribution in [2.24, 2.45) is 0 Å². The summed E-state index contributed by atoms with van der Waals surface area (Å²) in [7, 11) is -3.58. The molecule has 7 heteroatoms. The average Bonchev–Trinajstić information content (AvgIpc) is 2.32. The lowest BCUT2D eigenvalue weighted by molar-refractivity contribution is -0.139. The number of sulfonamides is 1. The van der Waals surface area contributed by atoms with Gasteiger partial charge in [0.2, 0.25) is 10.0 Å². The minimum atomic E-state index is -3.58. The zero-order valence-corrected chi connectivity index (χ0v) is 12.3. The zero-order valence-electron chi connectivity index (χ0n) is 11.5. The molecule has 0 radical (unpaired) electrons. The summed E-state index contributed by atoms with van der Waals surface area (Å²) in [5.41, 5.74) is 0. The molecule has 19 heavy (non-hydrogen) atoms. The van der Waals surface area contributed by atoms with Crippen molar-refractivity contribution in [3.63, 3.8) is 0 Å². The molecule has 0 unspecified atom stereocenters. The predicted molar refractivity (Wildman–Crippen MR) is 73.4 cm³/mol. The Bertz CT molecular complexity index is 342. The molecule has 0 aliphatic heterocycles. The number of carboxylic acid groups (broad SMARTS) is 1. The highest BCUT2D eigenvalue weighted by Crippen LogP contribution is 2.06. The minimum Gasteiger partial charge on any atom is -0.480 e. The molecule has 0 spiro atoms. The number of rotatable bonds is 12. The first kappa shape index (κ1) is 18.3. The molecule has 0 aromatic carbocycles. The molecule has 6 nitrogen and oxygen atoms in total. The van der Waals surface area contributed by atoms with Gasteiger partial charge in [0.1, 0.15) is 6.04 Å². The molecule has 0 rings (SSSR count). The molecule has 0 aliphatic carbocycles. The van der Waals surface area contributed by atoms with E-state index in [1.807, 2.05) is 0 Å². The summed E-state index contributed by atoms with van der Waals surface area (Å²) in [5.74, 6) is -1.32. The van der Waals surface area contributed by atoms with E-state index in [-0.39, 0.29) is 18.8 Å². The van der Waals surface area contributed by atoms with Gasteiger partial charge in [-0.3, -0.25) is 4.79 Å². The Labute approximate surface area is 115 Å². The lowest BCUT2D eigenvalue weighted by atomic mass is 10.1. The lowest BCUT2D eigenvalue weighted by Gasteiger charge is -2.13. The topological polar surface area (TPSA) is 104 Å². The minimum absolute atomic E-state index is 0.0612. The van der Waals surface area contributed by atoms with E-state index >= 15 is 0 Å². The van der Waals surface area contributed by atoms with Crippen LogP contribution in [-0.2, 0) is 14.8 Å². The van der Waals surface area contributed by atoms with Gasteiger partial charge >= 0.3 is 5.97 Å². The number of hydrogen-bond donors (Lipinski definition) is 3. The first-order valence-electron chi connectivity index (χ1n) is 6.76. The van der Waals surface area contributed by atoms with E-state index in [9.17, 15) is 13.2 Å². The third-order valence-corrected chi connectivity index (χ3v) is 4.27. The standard InChI is InChI=1S/C12H25NO5S/c1-2-3-4-5-6-7-10-19(17,18)13-11(8-9-14)12(15)16/h11,13-14H,2-10H2,1H3,(H,15,16)/t11-/m0/s1. The molecule has 0 amide bonds. The Balaban J connectivity index is 3.99. The van der Waals surface area contributed by atoms with E-state index in [0.29, 0.717) is 6.42 Å². The second-order valence-electron chi connectivity index (χ2n) is 4.61. The van der Waals surface area contributed by atoms with Gasteiger partial charge in [-0.05, 0) is 12.8 Å². The van der Waals surface area contributed by atoms with Crippen LogP contribution in [-0.4, -0.2) is 43.0 Å². The third kappa shape index (κ3) is 9.86. The zero-order chi connectivity index (χ0) is 14.7. The number of hydrogen-bond acceptors (Lipinski definition) is 4. The molecule has 114 valence electrons. The van der Waals surface area contributed by atoms with Crippen molar-refractivity contribution in [1.29, 1.82) is 0 Å². The van der Waals surface area contributed by atoms with Crippen molar-refractivity contribution >= 4 is 16.0 Å². The monoisotopic (exact) mass is 295 g/mol. The fourth-order valence-electron chi connectivity index (χ4n) is 1.71. The van der Waals surface area contributed by atoms with Crippen LogP contribution < -0.4 is 4.72 Å². The lowest BCUT2D eigenvalue weighted by Crippen LogP contribution is -2.42. The summed E-state index contributed by atoms with van der Waals surface area (Å²) in [6, 6.07) is -1.24. The second kappa shape index (κ2) is 10.2. The molecule has 0 aromatic rings. The van der Waals surface area contributed by atoms with Gasteiger partial charge in [0.25, 0.3) is 0 Å². The number of nitrogens with one attached hydrogen (secondary N) is 1. The van der Waals surface area contributed by atoms with Crippen molar-refractivity contribution in [1.82, 2.24) is 4.72 Å². The molecular weight excluding hydrogens is 270 g/mol. The highest BCUT2D eigenvalue weighted by molar-refractivity contribution is 7.89. The van der Waals surface area contributed by atoms with Crippen LogP contribution in [0.25, 0.3) is 0 Å². The summed E-state index contributed by atoms with van der Waals surface area (Å²) in [6.45, 7) is 1.75. The molecule has 0 aliphatic rings. The Morgan fingerprint density at radius 3 is 2.26 bits per heavy atom. The van der Waals surface area contributed by atoms with Gasteiger partial charge in [-0.25, -0.2) is 13.1 Å². The first-order chi connectivity index (χ1) is 8.93. The normalized spacial score (nSPS) is 13.4. The molecule has 0 fully saturated rings. The van der Waals surface area contributed by atoms with E-state index in [4.69, 9.17) is 10.2 Å². The highest BCUT2D eigenvalue weighted by Gasteiger charge is 2.22. The van der Waals surface area contributed by atoms with Gasteiger partial charge in [-0.15, -0.1) is 0 Å². The maximum Gasteiger partial charge on any atom is 0.321 e. The largest absolute Gasteiger partial charge is 0.480 e. The third-order valence-electron chi connectivity index (χ3n) is 2.80. The first-order valence-corrected chi connectivity index (χ1v) is 8.42. The van der Waals surface area contributed by atoms with Crippen LogP contribution in [0.1, 0.15) is 51.9 Å². The quantitative estimate of drug-likeness (QED) is 0.468. The number of carboxylic acids is 1. The Morgan fingerprint density at radius 1 is 1.16 bits per heavy atom. The molecule has 0 saturated heterocycles. The summed E-state index contributed by atoms with van der Waals surface area (Å²) >= 11 is 0. The van der Waals surface area contributed by atoms with Gasteiger partial charge < -0.3 is 10.2 Å². The summed E-state index contributed by atoms with van der Waals surface area (Å²) < 4.78 is 25.4. The van der Waals surface area contributed by atoms with Gasteiger partial charge in [-0.2, -0.15) is 0 Å². The van der Waals surface area contributed by atoms with E-state index < -0.39 is 22.0 Å². The molecule has 0 aromatic heterocycles.